The number of phosphoric ester groups is 1. The Hall–Kier alpha value is -2.32. The third kappa shape index (κ3) is 51.4. The number of carbonyl (C=O) groups excluding carboxylic acids is 1. The summed E-state index contributed by atoms with van der Waals surface area (Å²) in [6, 6.07) is -0.909. The average molecular weight is 957 g/mol. The first-order valence-electron chi connectivity index (χ1n) is 27.4. The van der Waals surface area contributed by atoms with E-state index in [1.807, 2.05) is 27.2 Å². The molecule has 0 aliphatic carbocycles. The van der Waals surface area contributed by atoms with Crippen LogP contribution in [-0.4, -0.2) is 68.5 Å². The van der Waals surface area contributed by atoms with E-state index in [1.54, 1.807) is 6.08 Å². The number of carbonyl (C=O) groups is 1. The summed E-state index contributed by atoms with van der Waals surface area (Å²) in [5.41, 5.74) is 0. The Balaban J connectivity index is 3.94. The molecule has 9 heteroatoms. The second-order valence-corrected chi connectivity index (χ2v) is 20.9. The zero-order chi connectivity index (χ0) is 49.2. The van der Waals surface area contributed by atoms with Gasteiger partial charge in [0.2, 0.25) is 5.91 Å². The number of allylic oxidation sites excluding steroid dienone is 13. The number of hydrogen-bond donors (Lipinski definition) is 2. The van der Waals surface area contributed by atoms with E-state index in [0.29, 0.717) is 17.4 Å². The summed E-state index contributed by atoms with van der Waals surface area (Å²) >= 11 is 0. The van der Waals surface area contributed by atoms with Gasteiger partial charge in [0.05, 0.1) is 39.9 Å². The Morgan fingerprint density at radius 1 is 0.522 bits per heavy atom. The molecular formula is C58H105N2O6P. The van der Waals surface area contributed by atoms with E-state index in [-0.39, 0.29) is 12.5 Å². The first-order chi connectivity index (χ1) is 32.5. The van der Waals surface area contributed by atoms with Crippen molar-refractivity contribution in [2.45, 2.75) is 238 Å². The van der Waals surface area contributed by atoms with Gasteiger partial charge in [-0.1, -0.05) is 227 Å². The predicted molar refractivity (Wildman–Crippen MR) is 288 cm³/mol. The van der Waals surface area contributed by atoms with Crippen LogP contribution >= 0.6 is 7.82 Å². The number of quaternary nitrogens is 1. The van der Waals surface area contributed by atoms with Crippen LogP contribution in [0, 0.1) is 0 Å². The SMILES string of the molecule is CC/C=C\C/C=C\C/C=C\C/C=C\CCCCCCCCCCCCCCCCCCCCCCCCC(=O)NC(COP(=O)([O-])OCC[N+](C)(C)C)C(O)/C=C/CC/C=C/CC/C=C/CC. The van der Waals surface area contributed by atoms with Crippen molar-refractivity contribution in [1.29, 1.82) is 0 Å². The van der Waals surface area contributed by atoms with Crippen LogP contribution in [0.3, 0.4) is 0 Å². The number of nitrogens with one attached hydrogen (secondary N) is 1. The lowest BCUT2D eigenvalue weighted by Gasteiger charge is -2.29. The fourth-order valence-corrected chi connectivity index (χ4v) is 8.32. The molecule has 0 radical (unpaired) electrons. The maximum absolute atomic E-state index is 12.9. The van der Waals surface area contributed by atoms with Crippen molar-refractivity contribution in [3.05, 3.63) is 85.1 Å². The molecule has 1 amide bonds. The lowest BCUT2D eigenvalue weighted by molar-refractivity contribution is -0.870. The van der Waals surface area contributed by atoms with E-state index in [9.17, 15) is 19.4 Å². The zero-order valence-corrected chi connectivity index (χ0v) is 45.0. The molecule has 0 saturated heterocycles. The quantitative estimate of drug-likeness (QED) is 0.0272. The predicted octanol–water partition coefficient (Wildman–Crippen LogP) is 15.8. The maximum atomic E-state index is 12.9. The van der Waals surface area contributed by atoms with Crippen LogP contribution in [-0.2, 0) is 18.4 Å². The standard InChI is InChI=1S/C58H105N2O6P/c1-6-8-10-12-14-16-18-19-20-21-22-23-24-25-26-27-28-29-30-31-32-33-34-35-36-37-38-39-40-41-42-44-46-48-50-52-58(62)59-56(55-66-67(63,64)65-54-53-60(3,4)5)57(61)51-49-47-45-43-17-15-13-11-9-7-2/h8-11,14,16-17,19-20,22-23,43,49,51,56-57,61H,6-7,12-13,15,18,21,24-42,44-48,50,52-55H2,1-5H3,(H-,59,62,63,64)/b10-8-,11-9+,16-14-,20-19-,23-22-,43-17+,51-49+. The summed E-state index contributed by atoms with van der Waals surface area (Å²) in [6.07, 6.45) is 68.4. The van der Waals surface area contributed by atoms with E-state index in [0.717, 1.165) is 77.0 Å². The van der Waals surface area contributed by atoms with Crippen molar-refractivity contribution >= 4 is 13.7 Å². The number of phosphoric acid groups is 1. The van der Waals surface area contributed by atoms with Crippen molar-refractivity contribution in [3.63, 3.8) is 0 Å². The summed E-state index contributed by atoms with van der Waals surface area (Å²) < 4.78 is 23.2. The number of unbranched alkanes of at least 4 members (excludes halogenated alkanes) is 24. The van der Waals surface area contributed by atoms with Gasteiger partial charge in [-0.3, -0.25) is 9.36 Å². The highest BCUT2D eigenvalue weighted by Gasteiger charge is 2.23. The maximum Gasteiger partial charge on any atom is 0.268 e. The second-order valence-electron chi connectivity index (χ2n) is 19.5. The van der Waals surface area contributed by atoms with Gasteiger partial charge in [-0.05, 0) is 77.0 Å². The van der Waals surface area contributed by atoms with E-state index in [2.05, 4.69) is 92.1 Å². The highest BCUT2D eigenvalue weighted by atomic mass is 31.2. The Bertz CT molecular complexity index is 1360. The van der Waals surface area contributed by atoms with Crippen LogP contribution in [0.25, 0.3) is 0 Å². The van der Waals surface area contributed by atoms with Crippen molar-refractivity contribution in [1.82, 2.24) is 5.32 Å². The van der Waals surface area contributed by atoms with Gasteiger partial charge in [0.15, 0.2) is 0 Å². The smallest absolute Gasteiger partial charge is 0.268 e. The van der Waals surface area contributed by atoms with Crippen molar-refractivity contribution < 1.29 is 32.9 Å². The summed E-state index contributed by atoms with van der Waals surface area (Å²) in [6.45, 7) is 4.38. The van der Waals surface area contributed by atoms with Crippen molar-refractivity contribution in [2.75, 3.05) is 40.9 Å². The molecule has 0 aromatic rings. The fourth-order valence-electron chi connectivity index (χ4n) is 7.60. The van der Waals surface area contributed by atoms with Gasteiger partial charge in [-0.2, -0.15) is 0 Å². The molecule has 388 valence electrons. The number of aliphatic hydroxyl groups is 1. The van der Waals surface area contributed by atoms with Gasteiger partial charge in [0, 0.05) is 6.42 Å². The van der Waals surface area contributed by atoms with Crippen LogP contribution in [0.5, 0.6) is 0 Å². The number of amides is 1. The minimum atomic E-state index is -4.60. The lowest BCUT2D eigenvalue weighted by atomic mass is 10.0. The molecule has 0 aliphatic rings. The molecule has 3 unspecified atom stereocenters. The molecule has 8 nitrogen and oxygen atoms in total. The van der Waals surface area contributed by atoms with E-state index in [4.69, 9.17) is 9.05 Å². The third-order valence-electron chi connectivity index (χ3n) is 11.8. The summed E-state index contributed by atoms with van der Waals surface area (Å²) in [5, 5.41) is 13.7. The summed E-state index contributed by atoms with van der Waals surface area (Å²) in [5.74, 6) is -0.214. The van der Waals surface area contributed by atoms with E-state index >= 15 is 0 Å². The average Bonchev–Trinajstić information content (AvgIpc) is 3.29. The number of aliphatic hydroxyl groups excluding tert-OH is 1. The zero-order valence-electron chi connectivity index (χ0n) is 44.1. The number of nitrogens with zero attached hydrogens (tertiary/aromatic N) is 1. The molecule has 67 heavy (non-hydrogen) atoms. The first kappa shape index (κ1) is 64.7. The molecule has 3 atom stereocenters. The topological polar surface area (TPSA) is 108 Å². The third-order valence-corrected chi connectivity index (χ3v) is 12.8. The van der Waals surface area contributed by atoms with Gasteiger partial charge in [-0.15, -0.1) is 0 Å². The van der Waals surface area contributed by atoms with E-state index < -0.39 is 26.6 Å². The van der Waals surface area contributed by atoms with Crippen LogP contribution in [0.15, 0.2) is 85.1 Å². The Morgan fingerprint density at radius 2 is 0.881 bits per heavy atom. The highest BCUT2D eigenvalue weighted by molar-refractivity contribution is 7.45. The van der Waals surface area contributed by atoms with Crippen molar-refractivity contribution in [2.24, 2.45) is 0 Å². The minimum Gasteiger partial charge on any atom is -0.756 e. The lowest BCUT2D eigenvalue weighted by Crippen LogP contribution is -2.45. The molecule has 0 saturated carbocycles. The Morgan fingerprint density at radius 3 is 1.33 bits per heavy atom. The Labute approximate surface area is 414 Å². The molecule has 0 fully saturated rings. The monoisotopic (exact) mass is 957 g/mol. The van der Waals surface area contributed by atoms with E-state index in [1.165, 1.54) is 128 Å². The van der Waals surface area contributed by atoms with Crippen LogP contribution in [0.2, 0.25) is 0 Å². The summed E-state index contributed by atoms with van der Waals surface area (Å²) in [4.78, 5) is 25.3. The molecule has 0 aromatic heterocycles. The summed E-state index contributed by atoms with van der Waals surface area (Å²) in [7, 11) is 1.23. The van der Waals surface area contributed by atoms with Gasteiger partial charge in [0.1, 0.15) is 13.2 Å². The fraction of sp³-hybridized carbons (Fsp3) is 0.741. The normalized spacial score (nSPS) is 14.7. The molecule has 0 aromatic carbocycles. The molecule has 0 bridgehead atoms. The largest absolute Gasteiger partial charge is 0.756 e. The molecular weight excluding hydrogens is 852 g/mol. The molecule has 0 aliphatic heterocycles. The minimum absolute atomic E-state index is 0.0109. The van der Waals surface area contributed by atoms with Gasteiger partial charge >= 0.3 is 0 Å². The Kier molecular flexibility index (Phi) is 47.0. The number of likely N-dealkylation sites (N-methyl/N-ethyl adjacent to an activating group) is 1. The van der Waals surface area contributed by atoms with Gasteiger partial charge in [-0.25, -0.2) is 0 Å². The first-order valence-corrected chi connectivity index (χ1v) is 28.9. The molecule has 2 N–H and O–H groups in total. The molecule has 0 spiro atoms. The molecule has 0 rings (SSSR count). The van der Waals surface area contributed by atoms with Gasteiger partial charge < -0.3 is 28.8 Å². The number of hydrogen-bond acceptors (Lipinski definition) is 6. The molecule has 0 heterocycles. The van der Waals surface area contributed by atoms with Gasteiger partial charge in [0.25, 0.3) is 7.82 Å². The highest BCUT2D eigenvalue weighted by Crippen LogP contribution is 2.38. The number of rotatable bonds is 49. The van der Waals surface area contributed by atoms with Crippen molar-refractivity contribution in [3.8, 4) is 0 Å². The van der Waals surface area contributed by atoms with Crippen LogP contribution < -0.4 is 10.2 Å². The second kappa shape index (κ2) is 48.7. The van der Waals surface area contributed by atoms with Crippen LogP contribution in [0.1, 0.15) is 226 Å². The van der Waals surface area contributed by atoms with Crippen LogP contribution in [0.4, 0.5) is 0 Å².